The number of nitrogens with zero attached hydrogens (tertiary/aromatic N) is 1. The zero-order valence-electron chi connectivity index (χ0n) is 13.5. The van der Waals surface area contributed by atoms with Crippen molar-refractivity contribution < 1.29 is 13.2 Å². The van der Waals surface area contributed by atoms with Crippen LogP contribution in [0.4, 0.5) is 0 Å². The van der Waals surface area contributed by atoms with E-state index in [0.717, 1.165) is 22.9 Å². The number of ether oxygens (including phenoxy) is 1. The Morgan fingerprint density at radius 2 is 1.88 bits per heavy atom. The van der Waals surface area contributed by atoms with Gasteiger partial charge in [0.25, 0.3) is 0 Å². The van der Waals surface area contributed by atoms with Crippen LogP contribution in [0.1, 0.15) is 25.3 Å². The molecule has 0 unspecified atom stereocenters. The highest BCUT2D eigenvalue weighted by molar-refractivity contribution is 9.10. The molecular weight excluding hydrogens is 390 g/mol. The van der Waals surface area contributed by atoms with E-state index in [1.54, 1.807) is 22.5 Å². The van der Waals surface area contributed by atoms with E-state index in [9.17, 15) is 8.42 Å². The first-order valence-corrected chi connectivity index (χ1v) is 10.2. The Labute approximate surface area is 151 Å². The Kier molecular flexibility index (Phi) is 5.27. The maximum absolute atomic E-state index is 13.3. The molecule has 2 aromatic rings. The van der Waals surface area contributed by atoms with Crippen LogP contribution in [0.3, 0.4) is 0 Å². The van der Waals surface area contributed by atoms with Gasteiger partial charge in [-0.1, -0.05) is 46.3 Å². The zero-order chi connectivity index (χ0) is 17.2. The monoisotopic (exact) mass is 409 g/mol. The Balaban J connectivity index is 1.99. The van der Waals surface area contributed by atoms with Gasteiger partial charge < -0.3 is 4.74 Å². The summed E-state index contributed by atoms with van der Waals surface area (Å²) in [6.07, 6.45) is 1.81. The molecule has 1 fully saturated rings. The molecule has 4 nitrogen and oxygen atoms in total. The van der Waals surface area contributed by atoms with Crippen LogP contribution < -0.4 is 4.74 Å². The molecule has 1 saturated carbocycles. The number of hydrogen-bond donors (Lipinski definition) is 0. The highest BCUT2D eigenvalue weighted by Gasteiger charge is 2.39. The van der Waals surface area contributed by atoms with Crippen LogP contribution in [0.15, 0.2) is 57.9 Å². The minimum atomic E-state index is -3.63. The highest BCUT2D eigenvalue weighted by atomic mass is 79.9. The summed E-state index contributed by atoms with van der Waals surface area (Å²) >= 11 is 3.37. The van der Waals surface area contributed by atoms with Gasteiger partial charge in [0.05, 0.1) is 6.61 Å². The van der Waals surface area contributed by atoms with Crippen molar-refractivity contribution in [1.82, 2.24) is 4.31 Å². The minimum Gasteiger partial charge on any atom is -0.492 e. The Bertz CT molecular complexity index is 804. The molecule has 6 heteroatoms. The molecule has 0 spiro atoms. The molecule has 0 heterocycles. The number of rotatable bonds is 7. The first-order chi connectivity index (χ1) is 11.5. The lowest BCUT2D eigenvalue weighted by molar-refractivity contribution is 0.327. The average molecular weight is 410 g/mol. The molecule has 1 aliphatic carbocycles. The molecule has 24 heavy (non-hydrogen) atoms. The van der Waals surface area contributed by atoms with Crippen molar-refractivity contribution in [1.29, 1.82) is 0 Å². The third-order valence-electron chi connectivity index (χ3n) is 3.93. The van der Waals surface area contributed by atoms with Crippen molar-refractivity contribution in [2.45, 2.75) is 37.2 Å². The van der Waals surface area contributed by atoms with Crippen LogP contribution >= 0.6 is 15.9 Å². The predicted molar refractivity (Wildman–Crippen MR) is 97.5 cm³/mol. The molecule has 0 aromatic heterocycles. The van der Waals surface area contributed by atoms with Crippen molar-refractivity contribution in [3.63, 3.8) is 0 Å². The lowest BCUT2D eigenvalue weighted by Crippen LogP contribution is -2.33. The van der Waals surface area contributed by atoms with Crippen molar-refractivity contribution in [3.05, 3.63) is 58.6 Å². The van der Waals surface area contributed by atoms with E-state index in [2.05, 4.69) is 15.9 Å². The first-order valence-electron chi connectivity index (χ1n) is 8.00. The molecule has 0 amide bonds. The van der Waals surface area contributed by atoms with Crippen molar-refractivity contribution >= 4 is 26.0 Å². The average Bonchev–Trinajstić information content (AvgIpc) is 3.40. The molecule has 0 N–H and O–H groups in total. The third-order valence-corrected chi connectivity index (χ3v) is 6.34. The van der Waals surface area contributed by atoms with Gasteiger partial charge in [0.15, 0.2) is 0 Å². The summed E-state index contributed by atoms with van der Waals surface area (Å²) in [4.78, 5) is 0.224. The molecule has 2 aromatic carbocycles. The third kappa shape index (κ3) is 3.82. The molecule has 1 aliphatic rings. The number of benzene rings is 2. The maximum atomic E-state index is 13.3. The van der Waals surface area contributed by atoms with E-state index in [0.29, 0.717) is 18.9 Å². The van der Waals surface area contributed by atoms with Crippen LogP contribution in [0, 0.1) is 0 Å². The largest absolute Gasteiger partial charge is 0.492 e. The SMILES string of the molecule is CCOc1ccc(Br)cc1S(=O)(=O)N(Cc1ccccc1)C1CC1. The summed E-state index contributed by atoms with van der Waals surface area (Å²) in [5.74, 6) is 0.402. The number of halogens is 1. The van der Waals surface area contributed by atoms with Crippen LogP contribution in [-0.4, -0.2) is 25.4 Å². The van der Waals surface area contributed by atoms with Crippen LogP contribution in [0.5, 0.6) is 5.75 Å². The number of sulfonamides is 1. The fourth-order valence-electron chi connectivity index (χ4n) is 2.62. The second-order valence-electron chi connectivity index (χ2n) is 5.79. The fraction of sp³-hybridized carbons (Fsp3) is 0.333. The van der Waals surface area contributed by atoms with Crippen molar-refractivity contribution in [2.75, 3.05) is 6.61 Å². The summed E-state index contributed by atoms with van der Waals surface area (Å²) in [6, 6.07) is 14.9. The van der Waals surface area contributed by atoms with Gasteiger partial charge in [-0.3, -0.25) is 0 Å². The quantitative estimate of drug-likeness (QED) is 0.688. The fourth-order valence-corrected chi connectivity index (χ4v) is 4.97. The predicted octanol–water partition coefficient (Wildman–Crippen LogP) is 4.20. The topological polar surface area (TPSA) is 46.6 Å². The van der Waals surface area contributed by atoms with Crippen molar-refractivity contribution in [3.8, 4) is 5.75 Å². The van der Waals surface area contributed by atoms with Gasteiger partial charge in [0.2, 0.25) is 10.0 Å². The summed E-state index contributed by atoms with van der Waals surface area (Å²) in [7, 11) is -3.63. The summed E-state index contributed by atoms with van der Waals surface area (Å²) in [5, 5.41) is 0. The summed E-state index contributed by atoms with van der Waals surface area (Å²) in [6.45, 7) is 2.65. The van der Waals surface area contributed by atoms with Crippen LogP contribution in [-0.2, 0) is 16.6 Å². The van der Waals surface area contributed by atoms with Crippen LogP contribution in [0.2, 0.25) is 0 Å². The normalized spacial score (nSPS) is 14.8. The smallest absolute Gasteiger partial charge is 0.247 e. The van der Waals surface area contributed by atoms with Gasteiger partial charge in [0, 0.05) is 17.1 Å². The van der Waals surface area contributed by atoms with Gasteiger partial charge in [-0.05, 0) is 43.5 Å². The second-order valence-corrected chi connectivity index (χ2v) is 8.57. The molecule has 0 aliphatic heterocycles. The standard InChI is InChI=1S/C18H20BrNO3S/c1-2-23-17-11-8-15(19)12-18(17)24(21,22)20(16-9-10-16)13-14-6-4-3-5-7-14/h3-8,11-12,16H,2,9-10,13H2,1H3. The second kappa shape index (κ2) is 7.25. The molecule has 128 valence electrons. The van der Waals surface area contributed by atoms with Gasteiger partial charge in [-0.2, -0.15) is 4.31 Å². The Morgan fingerprint density at radius 3 is 2.50 bits per heavy atom. The number of hydrogen-bond acceptors (Lipinski definition) is 3. The van der Waals surface area contributed by atoms with Gasteiger partial charge in [0.1, 0.15) is 10.6 Å². The van der Waals surface area contributed by atoms with E-state index in [1.165, 1.54) is 0 Å². The molecule has 0 radical (unpaired) electrons. The molecule has 0 bridgehead atoms. The summed E-state index contributed by atoms with van der Waals surface area (Å²) < 4.78 is 34.5. The van der Waals surface area contributed by atoms with Gasteiger partial charge >= 0.3 is 0 Å². The maximum Gasteiger partial charge on any atom is 0.247 e. The van der Waals surface area contributed by atoms with Crippen LogP contribution in [0.25, 0.3) is 0 Å². The minimum absolute atomic E-state index is 0.0728. The molecule has 0 saturated heterocycles. The Morgan fingerprint density at radius 1 is 1.17 bits per heavy atom. The van der Waals surface area contributed by atoms with E-state index >= 15 is 0 Å². The molecular formula is C18H20BrNO3S. The highest BCUT2D eigenvalue weighted by Crippen LogP contribution is 2.37. The van der Waals surface area contributed by atoms with Gasteiger partial charge in [-0.15, -0.1) is 0 Å². The van der Waals surface area contributed by atoms with Gasteiger partial charge in [-0.25, -0.2) is 8.42 Å². The lowest BCUT2D eigenvalue weighted by atomic mass is 10.2. The lowest BCUT2D eigenvalue weighted by Gasteiger charge is -2.23. The van der Waals surface area contributed by atoms with E-state index < -0.39 is 10.0 Å². The molecule has 3 rings (SSSR count). The van der Waals surface area contributed by atoms with E-state index in [4.69, 9.17) is 4.74 Å². The summed E-state index contributed by atoms with van der Waals surface area (Å²) in [5.41, 5.74) is 0.987. The van der Waals surface area contributed by atoms with E-state index in [-0.39, 0.29) is 10.9 Å². The van der Waals surface area contributed by atoms with E-state index in [1.807, 2.05) is 37.3 Å². The Hall–Kier alpha value is -1.37. The zero-order valence-corrected chi connectivity index (χ0v) is 15.9. The van der Waals surface area contributed by atoms with Crippen molar-refractivity contribution in [2.24, 2.45) is 0 Å². The first kappa shape index (κ1) is 17.5. The molecule has 0 atom stereocenters.